The van der Waals surface area contributed by atoms with Gasteiger partial charge in [0.05, 0.1) is 12.2 Å². The molecule has 1 aromatic carbocycles. The molecule has 0 aliphatic rings. The Balaban J connectivity index is 2.90. The van der Waals surface area contributed by atoms with Crippen LogP contribution >= 0.6 is 7.60 Å². The van der Waals surface area contributed by atoms with E-state index in [0.29, 0.717) is 6.07 Å². The lowest BCUT2D eigenvalue weighted by molar-refractivity contribution is 0.100. The van der Waals surface area contributed by atoms with Crippen molar-refractivity contribution in [3.05, 3.63) is 35.4 Å². The summed E-state index contributed by atoms with van der Waals surface area (Å²) in [5.41, 5.74) is -0.557. The number of hydrogen-bond acceptors (Lipinski definition) is 3. The smallest absolute Gasteiger partial charge is 0.324 e. The second-order valence-corrected chi connectivity index (χ2v) is 5.11. The fourth-order valence-electron chi connectivity index (χ4n) is 1.23. The summed E-state index contributed by atoms with van der Waals surface area (Å²) in [5.74, 6) is -2.70. The first-order chi connectivity index (χ1) is 7.85. The summed E-state index contributed by atoms with van der Waals surface area (Å²) < 4.78 is 41.7. The first-order valence-corrected chi connectivity index (χ1v) is 6.56. The van der Waals surface area contributed by atoms with Crippen molar-refractivity contribution in [2.45, 2.75) is 6.92 Å². The zero-order valence-electron chi connectivity index (χ0n) is 9.02. The first-order valence-electron chi connectivity index (χ1n) is 4.80. The molecule has 0 spiro atoms. The fraction of sp³-hybridized carbons (Fsp3) is 0.300. The van der Waals surface area contributed by atoms with Gasteiger partial charge in [0.2, 0.25) is 0 Å². The van der Waals surface area contributed by atoms with Gasteiger partial charge in [0.1, 0.15) is 17.8 Å². The van der Waals surface area contributed by atoms with Crippen molar-refractivity contribution in [1.82, 2.24) is 0 Å². The van der Waals surface area contributed by atoms with Gasteiger partial charge in [0.25, 0.3) is 0 Å². The third-order valence-electron chi connectivity index (χ3n) is 1.90. The van der Waals surface area contributed by atoms with Gasteiger partial charge < -0.3 is 9.42 Å². The largest absolute Gasteiger partial charge is 0.335 e. The molecule has 0 saturated heterocycles. The molecule has 1 atom stereocenters. The summed E-state index contributed by atoms with van der Waals surface area (Å²) in [5, 5.41) is 0. The molecule has 0 aliphatic carbocycles. The van der Waals surface area contributed by atoms with Crippen molar-refractivity contribution in [2.75, 3.05) is 12.8 Å². The highest BCUT2D eigenvalue weighted by Crippen LogP contribution is 2.42. The van der Waals surface area contributed by atoms with E-state index in [-0.39, 0.29) is 6.61 Å². The summed E-state index contributed by atoms with van der Waals surface area (Å²) in [4.78, 5) is 20.7. The molecule has 94 valence electrons. The molecule has 0 fully saturated rings. The zero-order chi connectivity index (χ0) is 13.1. The maximum absolute atomic E-state index is 13.2. The second kappa shape index (κ2) is 5.49. The Morgan fingerprint density at radius 3 is 2.71 bits per heavy atom. The Labute approximate surface area is 96.8 Å². The van der Waals surface area contributed by atoms with Gasteiger partial charge in [-0.05, 0) is 25.1 Å². The maximum Gasteiger partial charge on any atom is 0.335 e. The topological polar surface area (TPSA) is 63.6 Å². The Morgan fingerprint density at radius 2 is 2.12 bits per heavy atom. The lowest BCUT2D eigenvalue weighted by atomic mass is 10.1. The predicted molar refractivity (Wildman–Crippen MR) is 57.0 cm³/mol. The van der Waals surface area contributed by atoms with Crippen molar-refractivity contribution in [2.24, 2.45) is 0 Å². The van der Waals surface area contributed by atoms with Gasteiger partial charge in [-0.15, -0.1) is 0 Å². The highest BCUT2D eigenvalue weighted by atomic mass is 31.2. The molecule has 7 heteroatoms. The van der Waals surface area contributed by atoms with E-state index < -0.39 is 36.7 Å². The van der Waals surface area contributed by atoms with E-state index in [9.17, 15) is 23.0 Å². The lowest BCUT2D eigenvalue weighted by Crippen LogP contribution is -2.10. The van der Waals surface area contributed by atoms with E-state index in [1.807, 2.05) is 0 Å². The summed E-state index contributed by atoms with van der Waals surface area (Å²) in [6.45, 7) is 1.43. The van der Waals surface area contributed by atoms with E-state index in [1.54, 1.807) is 0 Å². The van der Waals surface area contributed by atoms with E-state index in [1.165, 1.54) is 6.92 Å². The third kappa shape index (κ3) is 4.00. The normalized spacial score (nSPS) is 14.4. The minimum atomic E-state index is -4.09. The molecule has 1 N–H and O–H groups in total. The average Bonchev–Trinajstić information content (AvgIpc) is 2.20. The molecule has 0 aromatic heterocycles. The molecule has 0 heterocycles. The van der Waals surface area contributed by atoms with Gasteiger partial charge in [-0.1, -0.05) is 0 Å². The average molecular weight is 264 g/mol. The molecule has 1 rings (SSSR count). The number of carbonyl (C=O) groups excluding carboxylic acids is 1. The molecular formula is C10H11F2O4P. The number of benzene rings is 1. The Kier molecular flexibility index (Phi) is 4.51. The summed E-state index contributed by atoms with van der Waals surface area (Å²) in [6, 6.07) is 2.32. The summed E-state index contributed by atoms with van der Waals surface area (Å²) >= 11 is 0. The second-order valence-electron chi connectivity index (χ2n) is 3.26. The highest BCUT2D eigenvalue weighted by molar-refractivity contribution is 7.53. The highest BCUT2D eigenvalue weighted by Gasteiger charge is 2.26. The Bertz CT molecular complexity index is 475. The molecular weight excluding hydrogens is 253 g/mol. The number of hydrogen-bond donors (Lipinski definition) is 1. The molecule has 1 aromatic rings. The number of carbonyl (C=O) groups is 1. The number of ketones is 1. The van der Waals surface area contributed by atoms with Crippen molar-refractivity contribution >= 4 is 13.4 Å². The van der Waals surface area contributed by atoms with E-state index in [4.69, 9.17) is 0 Å². The molecule has 1 unspecified atom stereocenters. The van der Waals surface area contributed by atoms with Crippen LogP contribution in [0, 0.1) is 11.6 Å². The van der Waals surface area contributed by atoms with Crippen LogP contribution in [0.15, 0.2) is 18.2 Å². The van der Waals surface area contributed by atoms with Crippen LogP contribution in [0.1, 0.15) is 17.3 Å². The Hall–Kier alpha value is -1.10. The lowest BCUT2D eigenvalue weighted by Gasteiger charge is -2.10. The van der Waals surface area contributed by atoms with Gasteiger partial charge in [-0.2, -0.15) is 0 Å². The van der Waals surface area contributed by atoms with Gasteiger partial charge in [0.15, 0.2) is 5.78 Å². The molecule has 0 amide bonds. The van der Waals surface area contributed by atoms with Crippen LogP contribution in [0.2, 0.25) is 0 Å². The van der Waals surface area contributed by atoms with E-state index >= 15 is 0 Å². The van der Waals surface area contributed by atoms with Gasteiger partial charge in [0, 0.05) is 0 Å². The molecule has 0 aliphatic heterocycles. The standard InChI is InChI=1S/C10H11F2O4P/c1-2-16-17(14,15)6-10(13)8-5-7(11)3-4-9(8)12/h3-5H,2,6H2,1H3,(H,14,15). The number of rotatable bonds is 5. The summed E-state index contributed by atoms with van der Waals surface area (Å²) in [6.07, 6.45) is -0.874. The van der Waals surface area contributed by atoms with Crippen LogP contribution < -0.4 is 0 Å². The predicted octanol–water partition coefficient (Wildman–Crippen LogP) is 2.37. The van der Waals surface area contributed by atoms with Gasteiger partial charge in [-0.3, -0.25) is 9.36 Å². The third-order valence-corrected chi connectivity index (χ3v) is 3.25. The first kappa shape index (κ1) is 14.0. The van der Waals surface area contributed by atoms with Crippen molar-refractivity contribution in [3.8, 4) is 0 Å². The van der Waals surface area contributed by atoms with Crippen LogP contribution in [0.25, 0.3) is 0 Å². The zero-order valence-corrected chi connectivity index (χ0v) is 9.92. The van der Waals surface area contributed by atoms with E-state index in [2.05, 4.69) is 4.52 Å². The number of halogens is 2. The number of Topliss-reactive ketones (excluding diaryl/α,β-unsaturated/α-hetero) is 1. The van der Waals surface area contributed by atoms with Crippen LogP contribution in [-0.4, -0.2) is 23.4 Å². The quantitative estimate of drug-likeness (QED) is 0.655. The molecule has 4 nitrogen and oxygen atoms in total. The van der Waals surface area contributed by atoms with Crippen LogP contribution in [0.4, 0.5) is 8.78 Å². The maximum atomic E-state index is 13.2. The van der Waals surface area contributed by atoms with Crippen LogP contribution in [0.5, 0.6) is 0 Å². The SMILES string of the molecule is CCOP(=O)(O)CC(=O)c1cc(F)ccc1F. The summed E-state index contributed by atoms with van der Waals surface area (Å²) in [7, 11) is -4.09. The molecule has 17 heavy (non-hydrogen) atoms. The van der Waals surface area contributed by atoms with Crippen molar-refractivity contribution < 1.29 is 27.6 Å². The van der Waals surface area contributed by atoms with Gasteiger partial charge >= 0.3 is 7.60 Å². The van der Waals surface area contributed by atoms with E-state index in [0.717, 1.165) is 12.1 Å². The molecule has 0 radical (unpaired) electrons. The molecule has 0 saturated carbocycles. The van der Waals surface area contributed by atoms with Crippen LogP contribution in [0.3, 0.4) is 0 Å². The monoisotopic (exact) mass is 264 g/mol. The minimum absolute atomic E-state index is 0.0489. The van der Waals surface area contributed by atoms with Crippen molar-refractivity contribution in [1.29, 1.82) is 0 Å². The fourth-order valence-corrected chi connectivity index (χ4v) is 2.25. The van der Waals surface area contributed by atoms with Crippen LogP contribution in [-0.2, 0) is 9.09 Å². The van der Waals surface area contributed by atoms with Gasteiger partial charge in [-0.25, -0.2) is 8.78 Å². The van der Waals surface area contributed by atoms with Crippen molar-refractivity contribution in [3.63, 3.8) is 0 Å². The Morgan fingerprint density at radius 1 is 1.47 bits per heavy atom. The minimum Gasteiger partial charge on any atom is -0.324 e. The molecule has 0 bridgehead atoms.